The van der Waals surface area contributed by atoms with Crippen molar-refractivity contribution in [1.29, 1.82) is 0 Å². The molecule has 0 radical (unpaired) electrons. The molecule has 1 amide bonds. The lowest BCUT2D eigenvalue weighted by Gasteiger charge is -2.34. The van der Waals surface area contributed by atoms with E-state index in [2.05, 4.69) is 13.8 Å². The van der Waals surface area contributed by atoms with E-state index in [-0.39, 0.29) is 12.5 Å². The second-order valence-corrected chi connectivity index (χ2v) is 6.70. The molecule has 0 N–H and O–H groups in total. The molecule has 4 nitrogen and oxygen atoms in total. The zero-order valence-corrected chi connectivity index (χ0v) is 13.9. The first-order valence-corrected chi connectivity index (χ1v) is 7.88. The lowest BCUT2D eigenvalue weighted by Crippen LogP contribution is -2.44. The summed E-state index contributed by atoms with van der Waals surface area (Å²) in [5, 5.41) is 0. The van der Waals surface area contributed by atoms with Crippen molar-refractivity contribution in [3.8, 4) is 0 Å². The molecule has 1 aromatic carbocycles. The van der Waals surface area contributed by atoms with Crippen LogP contribution in [0.3, 0.4) is 0 Å². The molecule has 120 valence electrons. The molecular weight excluding hydrogens is 278 g/mol. The molecule has 1 saturated heterocycles. The minimum atomic E-state index is -0.432. The summed E-state index contributed by atoms with van der Waals surface area (Å²) in [7, 11) is 0. The number of carbonyl (C=O) groups is 2. The Kier molecular flexibility index (Phi) is 5.22. The number of hydrogen-bond acceptors (Lipinski definition) is 3. The van der Waals surface area contributed by atoms with E-state index >= 15 is 0 Å². The zero-order valence-electron chi connectivity index (χ0n) is 13.9. The molecular formula is C18H25NO3. The van der Waals surface area contributed by atoms with Crippen molar-refractivity contribution in [1.82, 2.24) is 4.90 Å². The Labute approximate surface area is 132 Å². The maximum atomic E-state index is 12.2. The number of hydrogen-bond donors (Lipinski definition) is 0. The Balaban J connectivity index is 1.91. The summed E-state index contributed by atoms with van der Waals surface area (Å²) in [6.45, 7) is 9.51. The van der Waals surface area contributed by atoms with Gasteiger partial charge in [-0.25, -0.2) is 4.79 Å². The highest BCUT2D eigenvalue weighted by molar-refractivity contribution is 5.91. The molecule has 22 heavy (non-hydrogen) atoms. The van der Waals surface area contributed by atoms with Gasteiger partial charge in [-0.05, 0) is 44.2 Å². The monoisotopic (exact) mass is 303 g/mol. The SMILES string of the molecule is Cc1cc(C)cc(C(=O)OCC(=O)N2C[C@H](C)C[C@H](C)C2)c1. The van der Waals surface area contributed by atoms with E-state index in [9.17, 15) is 9.59 Å². The molecule has 4 heteroatoms. The van der Waals surface area contributed by atoms with E-state index in [1.165, 1.54) is 0 Å². The van der Waals surface area contributed by atoms with E-state index in [0.29, 0.717) is 17.4 Å². The van der Waals surface area contributed by atoms with E-state index in [4.69, 9.17) is 4.74 Å². The third-order valence-electron chi connectivity index (χ3n) is 4.01. The summed E-state index contributed by atoms with van der Waals surface area (Å²) in [6.07, 6.45) is 1.14. The van der Waals surface area contributed by atoms with Crippen molar-refractivity contribution in [3.63, 3.8) is 0 Å². The lowest BCUT2D eigenvalue weighted by atomic mass is 9.92. The molecule has 0 unspecified atom stereocenters. The van der Waals surface area contributed by atoms with E-state index in [1.807, 2.05) is 24.8 Å². The summed E-state index contributed by atoms with van der Waals surface area (Å²) in [6, 6.07) is 5.56. The van der Waals surface area contributed by atoms with Gasteiger partial charge in [0.2, 0.25) is 0 Å². The number of likely N-dealkylation sites (tertiary alicyclic amines) is 1. The number of ether oxygens (including phenoxy) is 1. The minimum Gasteiger partial charge on any atom is -0.452 e. The van der Waals surface area contributed by atoms with Gasteiger partial charge in [-0.3, -0.25) is 4.79 Å². The predicted octanol–water partition coefficient (Wildman–Crippen LogP) is 2.96. The number of esters is 1. The highest BCUT2D eigenvalue weighted by Crippen LogP contribution is 2.21. The second kappa shape index (κ2) is 6.95. The Morgan fingerprint density at radius 3 is 2.18 bits per heavy atom. The van der Waals surface area contributed by atoms with Crippen LogP contribution in [0.15, 0.2) is 18.2 Å². The summed E-state index contributed by atoms with van der Waals surface area (Å²) in [4.78, 5) is 26.1. The van der Waals surface area contributed by atoms with Crippen LogP contribution in [0, 0.1) is 25.7 Å². The molecule has 0 bridgehead atoms. The van der Waals surface area contributed by atoms with Crippen LogP contribution in [0.2, 0.25) is 0 Å². The minimum absolute atomic E-state index is 0.101. The molecule has 1 fully saturated rings. The fraction of sp³-hybridized carbons (Fsp3) is 0.556. The number of aryl methyl sites for hydroxylation is 2. The highest BCUT2D eigenvalue weighted by atomic mass is 16.5. The van der Waals surface area contributed by atoms with E-state index in [1.54, 1.807) is 12.1 Å². The maximum absolute atomic E-state index is 12.2. The molecule has 1 aromatic rings. The van der Waals surface area contributed by atoms with Crippen LogP contribution in [-0.2, 0) is 9.53 Å². The molecule has 1 aliphatic rings. The standard InChI is InChI=1S/C18H25NO3/c1-12-5-13(2)8-16(7-12)18(21)22-11-17(20)19-9-14(3)6-15(4)10-19/h5,7-8,14-15H,6,9-11H2,1-4H3/t14-,15+. The summed E-state index contributed by atoms with van der Waals surface area (Å²) in [5.41, 5.74) is 2.53. The van der Waals surface area contributed by atoms with Gasteiger partial charge in [0.1, 0.15) is 0 Å². The normalized spacial score (nSPS) is 21.5. The molecule has 1 aliphatic heterocycles. The number of benzene rings is 1. The van der Waals surface area contributed by atoms with Crippen LogP contribution in [0.5, 0.6) is 0 Å². The van der Waals surface area contributed by atoms with Gasteiger partial charge in [0.05, 0.1) is 5.56 Å². The van der Waals surface area contributed by atoms with Crippen LogP contribution in [-0.4, -0.2) is 36.5 Å². The van der Waals surface area contributed by atoms with Gasteiger partial charge in [-0.1, -0.05) is 31.0 Å². The van der Waals surface area contributed by atoms with Crippen LogP contribution < -0.4 is 0 Å². The van der Waals surface area contributed by atoms with Crippen LogP contribution in [0.4, 0.5) is 0 Å². The van der Waals surface area contributed by atoms with Gasteiger partial charge in [0.25, 0.3) is 5.91 Å². The van der Waals surface area contributed by atoms with Crippen molar-refractivity contribution in [2.75, 3.05) is 19.7 Å². The first-order chi connectivity index (χ1) is 10.3. The average Bonchev–Trinajstić information content (AvgIpc) is 2.42. The van der Waals surface area contributed by atoms with Gasteiger partial charge in [-0.15, -0.1) is 0 Å². The number of carbonyl (C=O) groups excluding carboxylic acids is 2. The second-order valence-electron chi connectivity index (χ2n) is 6.70. The lowest BCUT2D eigenvalue weighted by molar-refractivity contribution is -0.137. The predicted molar refractivity (Wildman–Crippen MR) is 85.7 cm³/mol. The molecule has 0 aliphatic carbocycles. The molecule has 2 atom stereocenters. The molecule has 2 rings (SSSR count). The third-order valence-corrected chi connectivity index (χ3v) is 4.01. The number of rotatable bonds is 3. The molecule has 0 aromatic heterocycles. The van der Waals surface area contributed by atoms with Gasteiger partial charge in [-0.2, -0.15) is 0 Å². The highest BCUT2D eigenvalue weighted by Gasteiger charge is 2.26. The largest absolute Gasteiger partial charge is 0.452 e. The van der Waals surface area contributed by atoms with Crippen molar-refractivity contribution < 1.29 is 14.3 Å². The van der Waals surface area contributed by atoms with Gasteiger partial charge < -0.3 is 9.64 Å². The molecule has 1 heterocycles. The van der Waals surface area contributed by atoms with Crippen molar-refractivity contribution in [3.05, 3.63) is 34.9 Å². The Hall–Kier alpha value is -1.84. The molecule has 0 spiro atoms. The van der Waals surface area contributed by atoms with Crippen molar-refractivity contribution >= 4 is 11.9 Å². The third kappa shape index (κ3) is 4.33. The van der Waals surface area contributed by atoms with Gasteiger partial charge in [0, 0.05) is 13.1 Å². The van der Waals surface area contributed by atoms with E-state index < -0.39 is 5.97 Å². The Morgan fingerprint density at radius 2 is 1.64 bits per heavy atom. The topological polar surface area (TPSA) is 46.6 Å². The van der Waals surface area contributed by atoms with Gasteiger partial charge >= 0.3 is 5.97 Å². The van der Waals surface area contributed by atoms with Crippen molar-refractivity contribution in [2.45, 2.75) is 34.1 Å². The van der Waals surface area contributed by atoms with Crippen molar-refractivity contribution in [2.24, 2.45) is 11.8 Å². The Bertz CT molecular complexity index is 537. The van der Waals surface area contributed by atoms with Gasteiger partial charge in [0.15, 0.2) is 6.61 Å². The zero-order chi connectivity index (χ0) is 16.3. The Morgan fingerprint density at radius 1 is 1.09 bits per heavy atom. The smallest absolute Gasteiger partial charge is 0.338 e. The average molecular weight is 303 g/mol. The first kappa shape index (κ1) is 16.5. The fourth-order valence-corrected chi connectivity index (χ4v) is 3.26. The van der Waals surface area contributed by atoms with Crippen LogP contribution >= 0.6 is 0 Å². The van der Waals surface area contributed by atoms with Crippen LogP contribution in [0.1, 0.15) is 41.8 Å². The van der Waals surface area contributed by atoms with E-state index in [0.717, 1.165) is 30.6 Å². The summed E-state index contributed by atoms with van der Waals surface area (Å²) < 4.78 is 5.19. The maximum Gasteiger partial charge on any atom is 0.338 e. The number of piperidine rings is 1. The van der Waals surface area contributed by atoms with Crippen LogP contribution in [0.25, 0.3) is 0 Å². The first-order valence-electron chi connectivity index (χ1n) is 7.88. The quantitative estimate of drug-likeness (QED) is 0.807. The number of nitrogens with zero attached hydrogens (tertiary/aromatic N) is 1. The summed E-state index contributed by atoms with van der Waals surface area (Å²) >= 11 is 0. The fourth-order valence-electron chi connectivity index (χ4n) is 3.26. The number of amides is 1. The summed E-state index contributed by atoms with van der Waals surface area (Å²) in [5.74, 6) is 0.472. The molecule has 0 saturated carbocycles.